The Morgan fingerprint density at radius 3 is 2.75 bits per heavy atom. The van der Waals surface area contributed by atoms with Gasteiger partial charge < -0.3 is 10.1 Å². The molecule has 1 N–H and O–H groups in total. The Kier molecular flexibility index (Phi) is 4.57. The minimum Gasteiger partial charge on any atom is -0.428 e. The van der Waals surface area contributed by atoms with Crippen LogP contribution >= 0.6 is 22.9 Å². The molecule has 0 amide bonds. The summed E-state index contributed by atoms with van der Waals surface area (Å²) in [5.41, 5.74) is 0.00690. The molecule has 1 heterocycles. The van der Waals surface area contributed by atoms with Crippen LogP contribution < -0.4 is 10.1 Å². The topological polar surface area (TPSA) is 47.0 Å². The minimum atomic E-state index is -0.408. The Morgan fingerprint density at radius 2 is 2.10 bits per heavy atom. The maximum absolute atomic E-state index is 12.9. The molecular formula is C13H15ClFN3OS. The first-order valence-electron chi connectivity index (χ1n) is 6.04. The van der Waals surface area contributed by atoms with Crippen LogP contribution in [0.25, 0.3) is 0 Å². The zero-order valence-electron chi connectivity index (χ0n) is 11.4. The molecular weight excluding hydrogens is 301 g/mol. The molecule has 0 unspecified atom stereocenters. The third kappa shape index (κ3) is 4.40. The average molecular weight is 316 g/mol. The first-order chi connectivity index (χ1) is 9.33. The van der Waals surface area contributed by atoms with Gasteiger partial charge in [-0.2, -0.15) is 0 Å². The molecule has 0 aliphatic carbocycles. The van der Waals surface area contributed by atoms with Gasteiger partial charge in [-0.25, -0.2) is 4.39 Å². The van der Waals surface area contributed by atoms with Crippen LogP contribution in [0.2, 0.25) is 5.02 Å². The molecule has 4 nitrogen and oxygen atoms in total. The predicted molar refractivity (Wildman–Crippen MR) is 78.0 cm³/mol. The Labute approximate surface area is 125 Å². The highest BCUT2D eigenvalue weighted by molar-refractivity contribution is 7.13. The van der Waals surface area contributed by atoms with E-state index in [0.29, 0.717) is 17.5 Å². The summed E-state index contributed by atoms with van der Waals surface area (Å²) in [6.07, 6.45) is 0. The second-order valence-electron chi connectivity index (χ2n) is 5.24. The maximum atomic E-state index is 12.9. The van der Waals surface area contributed by atoms with Gasteiger partial charge >= 0.3 is 0 Å². The summed E-state index contributed by atoms with van der Waals surface area (Å²) in [6.45, 7) is 6.83. The Morgan fingerprint density at radius 1 is 1.35 bits per heavy atom. The third-order valence-corrected chi connectivity index (χ3v) is 3.41. The molecule has 7 heteroatoms. The van der Waals surface area contributed by atoms with Crippen LogP contribution in [0.15, 0.2) is 18.2 Å². The van der Waals surface area contributed by atoms with E-state index in [1.165, 1.54) is 29.5 Å². The lowest BCUT2D eigenvalue weighted by atomic mass is 10.1. The highest BCUT2D eigenvalue weighted by atomic mass is 35.5. The number of aromatic nitrogens is 2. The van der Waals surface area contributed by atoms with Crippen molar-refractivity contribution in [1.82, 2.24) is 15.5 Å². The molecule has 1 aromatic heterocycles. The molecule has 0 radical (unpaired) electrons. The van der Waals surface area contributed by atoms with Crippen LogP contribution in [0.3, 0.4) is 0 Å². The molecule has 0 aliphatic rings. The highest BCUT2D eigenvalue weighted by Gasteiger charge is 2.13. The number of ether oxygens (including phenoxy) is 1. The molecule has 2 aromatic rings. The molecule has 20 heavy (non-hydrogen) atoms. The van der Waals surface area contributed by atoms with Crippen molar-refractivity contribution in [3.05, 3.63) is 34.0 Å². The van der Waals surface area contributed by atoms with Gasteiger partial charge in [0.2, 0.25) is 0 Å². The van der Waals surface area contributed by atoms with Gasteiger partial charge in [-0.3, -0.25) is 0 Å². The van der Waals surface area contributed by atoms with Gasteiger partial charge in [0, 0.05) is 5.54 Å². The van der Waals surface area contributed by atoms with Crippen LogP contribution in [0, 0.1) is 5.82 Å². The quantitative estimate of drug-likeness (QED) is 0.926. The van der Waals surface area contributed by atoms with Gasteiger partial charge in [0.05, 0.1) is 11.6 Å². The van der Waals surface area contributed by atoms with E-state index in [0.717, 1.165) is 5.01 Å². The molecule has 0 aliphatic heterocycles. The second-order valence-corrected chi connectivity index (χ2v) is 6.67. The van der Waals surface area contributed by atoms with E-state index in [1.54, 1.807) is 0 Å². The lowest BCUT2D eigenvalue weighted by molar-refractivity contribution is 0.423. The van der Waals surface area contributed by atoms with Gasteiger partial charge in [-0.15, -0.1) is 5.10 Å². The molecule has 0 atom stereocenters. The smallest absolute Gasteiger partial charge is 0.299 e. The molecule has 0 spiro atoms. The lowest BCUT2D eigenvalue weighted by Gasteiger charge is -2.19. The Bertz CT molecular complexity index is 598. The molecule has 2 rings (SSSR count). The third-order valence-electron chi connectivity index (χ3n) is 2.31. The first kappa shape index (κ1) is 15.2. The van der Waals surface area contributed by atoms with E-state index < -0.39 is 5.82 Å². The predicted octanol–water partition coefficient (Wildman–Crippen LogP) is 4.01. The van der Waals surface area contributed by atoms with Crippen molar-refractivity contribution in [2.75, 3.05) is 0 Å². The summed E-state index contributed by atoms with van der Waals surface area (Å²) in [5, 5.41) is 12.7. The van der Waals surface area contributed by atoms with Crippen molar-refractivity contribution < 1.29 is 9.13 Å². The van der Waals surface area contributed by atoms with E-state index >= 15 is 0 Å². The summed E-state index contributed by atoms with van der Waals surface area (Å²) >= 11 is 7.21. The van der Waals surface area contributed by atoms with Crippen molar-refractivity contribution in [3.8, 4) is 10.9 Å². The maximum Gasteiger partial charge on any atom is 0.299 e. The SMILES string of the molecule is CC(C)(C)NCc1nnc(Oc2ccc(F)cc2Cl)s1. The summed E-state index contributed by atoms with van der Waals surface area (Å²) < 4.78 is 18.4. The van der Waals surface area contributed by atoms with Crippen molar-refractivity contribution in [2.45, 2.75) is 32.9 Å². The largest absolute Gasteiger partial charge is 0.428 e. The van der Waals surface area contributed by atoms with Gasteiger partial charge in [-0.05, 0) is 39.0 Å². The van der Waals surface area contributed by atoms with Crippen molar-refractivity contribution in [2.24, 2.45) is 0 Å². The standard InChI is InChI=1S/C13H15ClFN3OS/c1-13(2,3)16-7-11-17-18-12(20-11)19-10-5-4-8(15)6-9(10)14/h4-6,16H,7H2,1-3H3. The van der Waals surface area contributed by atoms with Gasteiger partial charge in [0.15, 0.2) is 0 Å². The van der Waals surface area contributed by atoms with Gasteiger partial charge in [-0.1, -0.05) is 28.0 Å². The zero-order chi connectivity index (χ0) is 14.8. The zero-order valence-corrected chi connectivity index (χ0v) is 13.0. The van der Waals surface area contributed by atoms with Crippen LogP contribution in [0.5, 0.6) is 10.9 Å². The monoisotopic (exact) mass is 315 g/mol. The molecule has 0 fully saturated rings. The minimum absolute atomic E-state index is 0.00690. The summed E-state index contributed by atoms with van der Waals surface area (Å²) in [4.78, 5) is 0. The Hall–Kier alpha value is -1.24. The number of halogens is 2. The first-order valence-corrected chi connectivity index (χ1v) is 7.23. The number of hydrogen-bond acceptors (Lipinski definition) is 5. The lowest BCUT2D eigenvalue weighted by Crippen LogP contribution is -2.35. The average Bonchev–Trinajstić information content (AvgIpc) is 2.77. The van der Waals surface area contributed by atoms with Crippen molar-refractivity contribution in [3.63, 3.8) is 0 Å². The van der Waals surface area contributed by atoms with Gasteiger partial charge in [0.1, 0.15) is 16.6 Å². The van der Waals surface area contributed by atoms with E-state index in [1.807, 2.05) is 0 Å². The fourth-order valence-corrected chi connectivity index (χ4v) is 2.19. The normalized spacial score (nSPS) is 11.7. The molecule has 108 valence electrons. The summed E-state index contributed by atoms with van der Waals surface area (Å²) in [5.74, 6) is -0.0470. The molecule has 0 saturated carbocycles. The second kappa shape index (κ2) is 6.03. The number of benzene rings is 1. The van der Waals surface area contributed by atoms with E-state index in [2.05, 4.69) is 36.3 Å². The molecule has 0 saturated heterocycles. The fourth-order valence-electron chi connectivity index (χ4n) is 1.34. The van der Waals surface area contributed by atoms with E-state index in [-0.39, 0.29) is 10.6 Å². The van der Waals surface area contributed by atoms with Crippen molar-refractivity contribution >= 4 is 22.9 Å². The molecule has 0 bridgehead atoms. The number of nitrogens with zero attached hydrogens (tertiary/aromatic N) is 2. The number of hydrogen-bond donors (Lipinski definition) is 1. The van der Waals surface area contributed by atoms with Crippen LogP contribution in [-0.2, 0) is 6.54 Å². The fraction of sp³-hybridized carbons (Fsp3) is 0.385. The van der Waals surface area contributed by atoms with Gasteiger partial charge in [0.25, 0.3) is 5.19 Å². The van der Waals surface area contributed by atoms with Crippen LogP contribution in [0.1, 0.15) is 25.8 Å². The Balaban J connectivity index is 2.02. The number of nitrogens with one attached hydrogen (secondary N) is 1. The van der Waals surface area contributed by atoms with Crippen molar-refractivity contribution in [1.29, 1.82) is 0 Å². The van der Waals surface area contributed by atoms with Crippen LogP contribution in [0.4, 0.5) is 4.39 Å². The van der Waals surface area contributed by atoms with Crippen LogP contribution in [-0.4, -0.2) is 15.7 Å². The summed E-state index contributed by atoms with van der Waals surface area (Å²) in [7, 11) is 0. The van der Waals surface area contributed by atoms with E-state index in [9.17, 15) is 4.39 Å². The molecule has 1 aromatic carbocycles. The summed E-state index contributed by atoms with van der Waals surface area (Å²) in [6, 6.07) is 3.94. The highest BCUT2D eigenvalue weighted by Crippen LogP contribution is 2.31. The number of rotatable bonds is 4. The van der Waals surface area contributed by atoms with E-state index in [4.69, 9.17) is 16.3 Å².